The summed E-state index contributed by atoms with van der Waals surface area (Å²) in [4.78, 5) is 1.44. The molecule has 0 aromatic heterocycles. The zero-order valence-corrected chi connectivity index (χ0v) is 12.0. The molecule has 1 heteroatoms. The topological polar surface area (TPSA) is 0 Å². The SMILES string of the molecule is CC(C)[C@H]1CC[C@H](C)C[C@H]1Sc1ccccc1. The van der Waals surface area contributed by atoms with E-state index in [4.69, 9.17) is 0 Å². The van der Waals surface area contributed by atoms with E-state index < -0.39 is 0 Å². The monoisotopic (exact) mass is 248 g/mol. The van der Waals surface area contributed by atoms with Crippen LogP contribution in [0.4, 0.5) is 0 Å². The smallest absolute Gasteiger partial charge is 0.0128 e. The third kappa shape index (κ3) is 3.51. The van der Waals surface area contributed by atoms with Crippen LogP contribution in [0.3, 0.4) is 0 Å². The van der Waals surface area contributed by atoms with Crippen molar-refractivity contribution in [1.82, 2.24) is 0 Å². The van der Waals surface area contributed by atoms with E-state index in [-0.39, 0.29) is 0 Å². The number of rotatable bonds is 3. The van der Waals surface area contributed by atoms with E-state index in [0.717, 1.165) is 23.0 Å². The molecule has 17 heavy (non-hydrogen) atoms. The Morgan fingerprint density at radius 1 is 1.12 bits per heavy atom. The van der Waals surface area contributed by atoms with Gasteiger partial charge in [-0.2, -0.15) is 0 Å². The lowest BCUT2D eigenvalue weighted by molar-refractivity contribution is 0.244. The van der Waals surface area contributed by atoms with Crippen LogP contribution in [-0.4, -0.2) is 5.25 Å². The fourth-order valence-electron chi connectivity index (χ4n) is 2.92. The van der Waals surface area contributed by atoms with Gasteiger partial charge in [-0.3, -0.25) is 0 Å². The minimum absolute atomic E-state index is 0.821. The predicted molar refractivity (Wildman–Crippen MR) is 77.4 cm³/mol. The van der Waals surface area contributed by atoms with Crippen molar-refractivity contribution in [2.24, 2.45) is 17.8 Å². The molecule has 0 bridgehead atoms. The van der Waals surface area contributed by atoms with E-state index >= 15 is 0 Å². The Hall–Kier alpha value is -0.430. The minimum atomic E-state index is 0.821. The van der Waals surface area contributed by atoms with Crippen molar-refractivity contribution >= 4 is 11.8 Å². The highest BCUT2D eigenvalue weighted by Gasteiger charge is 2.31. The van der Waals surface area contributed by atoms with Crippen LogP contribution < -0.4 is 0 Å². The maximum Gasteiger partial charge on any atom is 0.0128 e. The number of benzene rings is 1. The van der Waals surface area contributed by atoms with Gasteiger partial charge >= 0.3 is 0 Å². The maximum atomic E-state index is 2.41. The fourth-order valence-corrected chi connectivity index (χ4v) is 4.64. The molecule has 1 aromatic carbocycles. The second-order valence-corrected chi connectivity index (χ2v) is 7.11. The van der Waals surface area contributed by atoms with Gasteiger partial charge in [-0.05, 0) is 42.7 Å². The van der Waals surface area contributed by atoms with Crippen molar-refractivity contribution in [2.45, 2.75) is 50.2 Å². The van der Waals surface area contributed by atoms with Crippen molar-refractivity contribution < 1.29 is 0 Å². The summed E-state index contributed by atoms with van der Waals surface area (Å²) in [7, 11) is 0. The molecule has 1 aliphatic carbocycles. The van der Waals surface area contributed by atoms with E-state index in [9.17, 15) is 0 Å². The first kappa shape index (κ1) is 13.0. The van der Waals surface area contributed by atoms with Crippen LogP contribution in [0.2, 0.25) is 0 Å². The normalized spacial score (nSPS) is 29.5. The van der Waals surface area contributed by atoms with Crippen LogP contribution in [0.5, 0.6) is 0 Å². The number of hydrogen-bond donors (Lipinski definition) is 0. The Morgan fingerprint density at radius 2 is 1.82 bits per heavy atom. The van der Waals surface area contributed by atoms with Crippen molar-refractivity contribution in [2.75, 3.05) is 0 Å². The molecule has 0 saturated heterocycles. The Kier molecular flexibility index (Phi) is 4.55. The van der Waals surface area contributed by atoms with Crippen molar-refractivity contribution in [3.05, 3.63) is 30.3 Å². The summed E-state index contributed by atoms with van der Waals surface area (Å²) >= 11 is 2.10. The van der Waals surface area contributed by atoms with Crippen LogP contribution >= 0.6 is 11.8 Å². The highest BCUT2D eigenvalue weighted by molar-refractivity contribution is 8.00. The number of thioether (sulfide) groups is 1. The Morgan fingerprint density at radius 3 is 2.47 bits per heavy atom. The highest BCUT2D eigenvalue weighted by Crippen LogP contribution is 2.42. The molecular formula is C16H24S. The Bertz CT molecular complexity index is 331. The van der Waals surface area contributed by atoms with Gasteiger partial charge in [0, 0.05) is 10.1 Å². The van der Waals surface area contributed by atoms with Gasteiger partial charge in [-0.1, -0.05) is 45.4 Å². The van der Waals surface area contributed by atoms with Gasteiger partial charge in [0.2, 0.25) is 0 Å². The quantitative estimate of drug-likeness (QED) is 0.705. The third-order valence-electron chi connectivity index (χ3n) is 3.99. The molecule has 2 rings (SSSR count). The lowest BCUT2D eigenvalue weighted by atomic mass is 9.77. The van der Waals surface area contributed by atoms with E-state index in [2.05, 4.69) is 62.9 Å². The van der Waals surface area contributed by atoms with Gasteiger partial charge in [0.25, 0.3) is 0 Å². The minimum Gasteiger partial charge on any atom is -0.122 e. The first-order valence-electron chi connectivity index (χ1n) is 6.88. The second kappa shape index (κ2) is 5.95. The summed E-state index contributed by atoms with van der Waals surface area (Å²) < 4.78 is 0. The van der Waals surface area contributed by atoms with Crippen LogP contribution in [0.15, 0.2) is 35.2 Å². The molecule has 0 amide bonds. The molecule has 3 atom stereocenters. The molecule has 0 spiro atoms. The largest absolute Gasteiger partial charge is 0.122 e. The van der Waals surface area contributed by atoms with Crippen LogP contribution in [0.25, 0.3) is 0 Å². The summed E-state index contributed by atoms with van der Waals surface area (Å²) in [6.07, 6.45) is 4.24. The lowest BCUT2D eigenvalue weighted by Gasteiger charge is -2.37. The fraction of sp³-hybridized carbons (Fsp3) is 0.625. The summed E-state index contributed by atoms with van der Waals surface area (Å²) in [5, 5.41) is 0.821. The molecule has 1 aliphatic rings. The predicted octanol–water partition coefficient (Wildman–Crippen LogP) is 5.24. The van der Waals surface area contributed by atoms with Gasteiger partial charge in [-0.25, -0.2) is 0 Å². The van der Waals surface area contributed by atoms with Gasteiger partial charge < -0.3 is 0 Å². The van der Waals surface area contributed by atoms with Crippen LogP contribution in [-0.2, 0) is 0 Å². The standard InChI is InChI=1S/C16H24S/c1-12(2)15-10-9-13(3)11-16(15)17-14-7-5-4-6-8-14/h4-8,12-13,15-16H,9-11H2,1-3H3/t13-,15+,16+/m0/s1. The molecule has 0 radical (unpaired) electrons. The Labute approximate surface area is 110 Å². The number of hydrogen-bond acceptors (Lipinski definition) is 1. The van der Waals surface area contributed by atoms with Crippen molar-refractivity contribution in [3.8, 4) is 0 Å². The van der Waals surface area contributed by atoms with E-state index in [1.807, 2.05) is 0 Å². The summed E-state index contributed by atoms with van der Waals surface area (Å²) in [6.45, 7) is 7.19. The third-order valence-corrected chi connectivity index (χ3v) is 5.38. The zero-order valence-electron chi connectivity index (χ0n) is 11.2. The second-order valence-electron chi connectivity index (χ2n) is 5.80. The zero-order chi connectivity index (χ0) is 12.3. The molecule has 1 saturated carbocycles. The molecule has 0 nitrogen and oxygen atoms in total. The molecule has 1 fully saturated rings. The van der Waals surface area contributed by atoms with Crippen LogP contribution in [0, 0.1) is 17.8 Å². The van der Waals surface area contributed by atoms with E-state index in [1.165, 1.54) is 24.2 Å². The molecule has 0 unspecified atom stereocenters. The van der Waals surface area contributed by atoms with E-state index in [1.54, 1.807) is 0 Å². The molecule has 94 valence electrons. The average molecular weight is 248 g/mol. The highest BCUT2D eigenvalue weighted by atomic mass is 32.2. The Balaban J connectivity index is 2.05. The summed E-state index contributed by atoms with van der Waals surface area (Å²) in [5.74, 6) is 2.63. The van der Waals surface area contributed by atoms with Gasteiger partial charge in [0.1, 0.15) is 0 Å². The van der Waals surface area contributed by atoms with Crippen molar-refractivity contribution in [3.63, 3.8) is 0 Å². The summed E-state index contributed by atoms with van der Waals surface area (Å²) in [5.41, 5.74) is 0. The van der Waals surface area contributed by atoms with Gasteiger partial charge in [0.05, 0.1) is 0 Å². The molecule has 0 N–H and O–H groups in total. The molecule has 0 heterocycles. The molecule has 0 aliphatic heterocycles. The van der Waals surface area contributed by atoms with Crippen LogP contribution in [0.1, 0.15) is 40.0 Å². The molecular weight excluding hydrogens is 224 g/mol. The first-order valence-corrected chi connectivity index (χ1v) is 7.76. The average Bonchev–Trinajstić information content (AvgIpc) is 2.30. The van der Waals surface area contributed by atoms with Gasteiger partial charge in [-0.15, -0.1) is 11.8 Å². The maximum absolute atomic E-state index is 2.41. The lowest BCUT2D eigenvalue weighted by Crippen LogP contribution is -2.29. The van der Waals surface area contributed by atoms with Crippen molar-refractivity contribution in [1.29, 1.82) is 0 Å². The van der Waals surface area contributed by atoms with E-state index in [0.29, 0.717) is 0 Å². The first-order chi connectivity index (χ1) is 8.16. The summed E-state index contributed by atoms with van der Waals surface area (Å²) in [6, 6.07) is 10.9. The molecule has 1 aromatic rings. The van der Waals surface area contributed by atoms with Gasteiger partial charge in [0.15, 0.2) is 0 Å².